The van der Waals surface area contributed by atoms with Crippen LogP contribution in [0.4, 0.5) is 4.79 Å². The highest BCUT2D eigenvalue weighted by Crippen LogP contribution is 2.32. The Hall–Kier alpha value is -1.56. The standard InChI is InChI=1S/C20H34N6O3.HI/c1-4-21-19(22-13-18(16-6-7-16)23-20(27)28-5-2)26-10-8-25(9-11-26)14-17-12-15(3)29-24-17;/h12,16,18H,4-11,13-14H2,1-3H3,(H,21,22)(H,23,27);1H. The molecular formula is C20H35IN6O3. The number of alkyl carbamates (subject to hydrolysis) is 1. The molecule has 1 unspecified atom stereocenters. The number of carbonyl (C=O) groups is 1. The molecule has 1 atom stereocenters. The van der Waals surface area contributed by atoms with Gasteiger partial charge in [0.2, 0.25) is 0 Å². The summed E-state index contributed by atoms with van der Waals surface area (Å²) in [7, 11) is 0. The second-order valence-corrected chi connectivity index (χ2v) is 7.70. The number of piperazine rings is 1. The molecule has 30 heavy (non-hydrogen) atoms. The fourth-order valence-corrected chi connectivity index (χ4v) is 3.59. The molecule has 0 spiro atoms. The maximum atomic E-state index is 11.8. The van der Waals surface area contributed by atoms with E-state index in [0.717, 1.165) is 69.5 Å². The predicted octanol–water partition coefficient (Wildman–Crippen LogP) is 2.21. The molecule has 1 amide bonds. The molecule has 1 aromatic heterocycles. The molecule has 1 saturated heterocycles. The van der Waals surface area contributed by atoms with Gasteiger partial charge in [0.05, 0.1) is 24.9 Å². The first kappa shape index (κ1) is 24.7. The second-order valence-electron chi connectivity index (χ2n) is 7.70. The van der Waals surface area contributed by atoms with E-state index >= 15 is 0 Å². The largest absolute Gasteiger partial charge is 0.450 e. The number of hydrogen-bond acceptors (Lipinski definition) is 6. The molecule has 0 radical (unpaired) electrons. The van der Waals surface area contributed by atoms with Crippen LogP contribution in [-0.2, 0) is 11.3 Å². The maximum Gasteiger partial charge on any atom is 0.407 e. The van der Waals surface area contributed by atoms with Gasteiger partial charge in [-0.05, 0) is 39.5 Å². The number of hydrogen-bond donors (Lipinski definition) is 2. The van der Waals surface area contributed by atoms with Crippen LogP contribution in [0.3, 0.4) is 0 Å². The van der Waals surface area contributed by atoms with E-state index in [-0.39, 0.29) is 36.1 Å². The van der Waals surface area contributed by atoms with E-state index in [2.05, 4.69) is 32.5 Å². The first-order chi connectivity index (χ1) is 14.1. The highest BCUT2D eigenvalue weighted by molar-refractivity contribution is 14.0. The Bertz CT molecular complexity index is 686. The Morgan fingerprint density at radius 3 is 2.63 bits per heavy atom. The molecule has 2 aliphatic rings. The average molecular weight is 534 g/mol. The van der Waals surface area contributed by atoms with Crippen LogP contribution < -0.4 is 10.6 Å². The summed E-state index contributed by atoms with van der Waals surface area (Å²) in [5.74, 6) is 2.27. The molecule has 2 fully saturated rings. The molecule has 170 valence electrons. The van der Waals surface area contributed by atoms with Crippen molar-refractivity contribution in [2.75, 3.05) is 45.9 Å². The number of nitrogens with zero attached hydrogens (tertiary/aromatic N) is 4. The summed E-state index contributed by atoms with van der Waals surface area (Å²) in [5, 5.41) is 10.5. The van der Waals surface area contributed by atoms with Gasteiger partial charge < -0.3 is 24.8 Å². The number of aliphatic imine (C=N–C) groups is 1. The van der Waals surface area contributed by atoms with E-state index in [1.54, 1.807) is 0 Å². The molecule has 1 aromatic rings. The van der Waals surface area contributed by atoms with E-state index in [1.165, 1.54) is 0 Å². The van der Waals surface area contributed by atoms with Gasteiger partial charge in [-0.1, -0.05) is 5.16 Å². The topological polar surface area (TPSA) is 95.2 Å². The van der Waals surface area contributed by atoms with Crippen molar-refractivity contribution >= 4 is 36.0 Å². The maximum absolute atomic E-state index is 11.8. The summed E-state index contributed by atoms with van der Waals surface area (Å²) >= 11 is 0. The van der Waals surface area contributed by atoms with Crippen LogP contribution in [0.5, 0.6) is 0 Å². The SMILES string of the molecule is CCNC(=NCC(NC(=O)OCC)C1CC1)N1CCN(Cc2cc(C)on2)CC1.I. The lowest BCUT2D eigenvalue weighted by Crippen LogP contribution is -2.52. The number of rotatable bonds is 8. The number of amides is 1. The van der Waals surface area contributed by atoms with E-state index < -0.39 is 0 Å². The number of halogens is 1. The number of aryl methyl sites for hydroxylation is 1. The van der Waals surface area contributed by atoms with E-state index in [1.807, 2.05) is 19.9 Å². The van der Waals surface area contributed by atoms with Crippen molar-refractivity contribution in [3.63, 3.8) is 0 Å². The average Bonchev–Trinajstić information content (AvgIpc) is 3.47. The van der Waals surface area contributed by atoms with Crippen LogP contribution in [0.1, 0.15) is 38.1 Å². The Balaban J connectivity index is 0.00000320. The highest BCUT2D eigenvalue weighted by atomic mass is 127. The molecule has 2 N–H and O–H groups in total. The van der Waals surface area contributed by atoms with Gasteiger partial charge in [0, 0.05) is 45.3 Å². The van der Waals surface area contributed by atoms with Gasteiger partial charge in [-0.3, -0.25) is 9.89 Å². The number of carbonyl (C=O) groups excluding carboxylic acids is 1. The van der Waals surface area contributed by atoms with Crippen molar-refractivity contribution in [3.8, 4) is 0 Å². The van der Waals surface area contributed by atoms with E-state index in [0.29, 0.717) is 19.1 Å². The zero-order chi connectivity index (χ0) is 20.6. The Kier molecular flexibility index (Phi) is 10.2. The third-order valence-corrected chi connectivity index (χ3v) is 5.28. The number of ether oxygens (including phenoxy) is 1. The lowest BCUT2D eigenvalue weighted by atomic mass is 10.2. The zero-order valence-electron chi connectivity index (χ0n) is 18.2. The summed E-state index contributed by atoms with van der Waals surface area (Å²) in [6.45, 7) is 12.1. The zero-order valence-corrected chi connectivity index (χ0v) is 20.6. The van der Waals surface area contributed by atoms with Gasteiger partial charge in [-0.2, -0.15) is 0 Å². The Morgan fingerprint density at radius 2 is 2.07 bits per heavy atom. The normalized spacial score (nSPS) is 18.5. The lowest BCUT2D eigenvalue weighted by molar-refractivity contribution is 0.147. The highest BCUT2D eigenvalue weighted by Gasteiger charge is 2.33. The Labute approximate surface area is 196 Å². The summed E-state index contributed by atoms with van der Waals surface area (Å²) in [6.07, 6.45) is 1.94. The molecule has 1 aliphatic heterocycles. The molecule has 0 aromatic carbocycles. The second kappa shape index (κ2) is 12.3. The van der Waals surface area contributed by atoms with Gasteiger partial charge in [-0.25, -0.2) is 4.79 Å². The van der Waals surface area contributed by atoms with Crippen molar-refractivity contribution in [2.24, 2.45) is 10.9 Å². The first-order valence-corrected chi connectivity index (χ1v) is 10.7. The smallest absolute Gasteiger partial charge is 0.407 e. The fraction of sp³-hybridized carbons (Fsp3) is 0.750. The van der Waals surface area contributed by atoms with E-state index in [9.17, 15) is 4.79 Å². The van der Waals surface area contributed by atoms with Crippen LogP contribution in [0.2, 0.25) is 0 Å². The third kappa shape index (κ3) is 7.60. The predicted molar refractivity (Wildman–Crippen MR) is 126 cm³/mol. The minimum atomic E-state index is -0.346. The quantitative estimate of drug-likeness (QED) is 0.300. The van der Waals surface area contributed by atoms with Gasteiger partial charge >= 0.3 is 6.09 Å². The number of nitrogens with one attached hydrogen (secondary N) is 2. The van der Waals surface area contributed by atoms with Gasteiger partial charge in [0.25, 0.3) is 0 Å². The summed E-state index contributed by atoms with van der Waals surface area (Å²) in [5.41, 5.74) is 0.980. The summed E-state index contributed by atoms with van der Waals surface area (Å²) in [6, 6.07) is 2.03. The van der Waals surface area contributed by atoms with Crippen LogP contribution in [0, 0.1) is 12.8 Å². The molecule has 2 heterocycles. The van der Waals surface area contributed by atoms with Crippen molar-refractivity contribution < 1.29 is 14.1 Å². The van der Waals surface area contributed by atoms with Gasteiger partial charge in [0.15, 0.2) is 5.96 Å². The van der Waals surface area contributed by atoms with Crippen LogP contribution in [-0.4, -0.2) is 78.9 Å². The molecule has 10 heteroatoms. The van der Waals surface area contributed by atoms with Crippen molar-refractivity contribution in [2.45, 2.75) is 46.2 Å². The molecule has 0 bridgehead atoms. The summed E-state index contributed by atoms with van der Waals surface area (Å²) < 4.78 is 10.2. The molecule has 3 rings (SSSR count). The molecule has 9 nitrogen and oxygen atoms in total. The fourth-order valence-electron chi connectivity index (χ4n) is 3.59. The number of aromatic nitrogens is 1. The number of guanidine groups is 1. The lowest BCUT2D eigenvalue weighted by Gasteiger charge is -2.36. The van der Waals surface area contributed by atoms with Crippen molar-refractivity contribution in [1.82, 2.24) is 25.6 Å². The van der Waals surface area contributed by atoms with Gasteiger partial charge in [0.1, 0.15) is 5.76 Å². The van der Waals surface area contributed by atoms with Crippen LogP contribution in [0.15, 0.2) is 15.6 Å². The van der Waals surface area contributed by atoms with E-state index in [4.69, 9.17) is 14.3 Å². The molecular weight excluding hydrogens is 499 g/mol. The molecule has 1 saturated carbocycles. The monoisotopic (exact) mass is 534 g/mol. The van der Waals surface area contributed by atoms with Crippen LogP contribution in [0.25, 0.3) is 0 Å². The third-order valence-electron chi connectivity index (χ3n) is 5.28. The van der Waals surface area contributed by atoms with Crippen molar-refractivity contribution in [3.05, 3.63) is 17.5 Å². The van der Waals surface area contributed by atoms with Crippen molar-refractivity contribution in [1.29, 1.82) is 0 Å². The van der Waals surface area contributed by atoms with Crippen LogP contribution >= 0.6 is 24.0 Å². The first-order valence-electron chi connectivity index (χ1n) is 10.7. The minimum Gasteiger partial charge on any atom is -0.450 e. The molecule has 1 aliphatic carbocycles. The summed E-state index contributed by atoms with van der Waals surface area (Å²) in [4.78, 5) is 21.3. The van der Waals surface area contributed by atoms with Gasteiger partial charge in [-0.15, -0.1) is 24.0 Å². The Morgan fingerprint density at radius 1 is 1.33 bits per heavy atom. The minimum absolute atomic E-state index is 0.